The van der Waals surface area contributed by atoms with Crippen LogP contribution in [0.25, 0.3) is 0 Å². The summed E-state index contributed by atoms with van der Waals surface area (Å²) >= 11 is 0. The predicted octanol–water partition coefficient (Wildman–Crippen LogP) is 0.844. The summed E-state index contributed by atoms with van der Waals surface area (Å²) in [6.45, 7) is 0.722. The van der Waals surface area contributed by atoms with E-state index in [-0.39, 0.29) is 6.61 Å². The lowest BCUT2D eigenvalue weighted by molar-refractivity contribution is -0.175. The van der Waals surface area contributed by atoms with Gasteiger partial charge in [-0.1, -0.05) is 0 Å². The average molecular weight is 197 g/mol. The first kappa shape index (κ1) is 10.3. The fraction of sp³-hybridized carbons (Fsp3) is 0.857. The molecule has 0 spiro atoms. The van der Waals surface area contributed by atoms with Gasteiger partial charge in [-0.2, -0.15) is 13.2 Å². The van der Waals surface area contributed by atoms with E-state index in [1.807, 2.05) is 5.32 Å². The Balaban J connectivity index is 2.35. The standard InChI is InChI=1S/C7H10F3NO2/c8-7(9,10)6(12)11-5-2-1-3-13-4-5/h5H,1-4H2,(H,11,12)/t5-/m0/s1. The van der Waals surface area contributed by atoms with Crippen LogP contribution in [-0.2, 0) is 9.53 Å². The van der Waals surface area contributed by atoms with E-state index in [0.717, 1.165) is 0 Å². The Morgan fingerprint density at radius 3 is 2.62 bits per heavy atom. The summed E-state index contributed by atoms with van der Waals surface area (Å²) in [5.74, 6) is -1.89. The van der Waals surface area contributed by atoms with E-state index in [1.54, 1.807) is 0 Å². The highest BCUT2D eigenvalue weighted by atomic mass is 19.4. The van der Waals surface area contributed by atoms with Crippen LogP contribution in [-0.4, -0.2) is 31.3 Å². The zero-order chi connectivity index (χ0) is 9.90. The smallest absolute Gasteiger partial charge is 0.379 e. The van der Waals surface area contributed by atoms with E-state index in [9.17, 15) is 18.0 Å². The number of carbonyl (C=O) groups is 1. The summed E-state index contributed by atoms with van der Waals surface area (Å²) in [4.78, 5) is 10.4. The third-order valence-corrected chi connectivity index (χ3v) is 1.75. The van der Waals surface area contributed by atoms with Crippen molar-refractivity contribution in [3.63, 3.8) is 0 Å². The molecule has 0 unspecified atom stereocenters. The Hall–Kier alpha value is -0.780. The molecule has 0 radical (unpaired) electrons. The predicted molar refractivity (Wildman–Crippen MR) is 38.0 cm³/mol. The molecule has 1 aliphatic rings. The molecule has 0 bridgehead atoms. The zero-order valence-corrected chi connectivity index (χ0v) is 6.86. The first-order chi connectivity index (χ1) is 6.00. The third-order valence-electron chi connectivity index (χ3n) is 1.75. The molecular weight excluding hydrogens is 187 g/mol. The molecule has 0 saturated carbocycles. The first-order valence-corrected chi connectivity index (χ1v) is 3.95. The summed E-state index contributed by atoms with van der Waals surface area (Å²) in [5, 5.41) is 1.87. The number of nitrogens with one attached hydrogen (secondary N) is 1. The molecule has 0 aromatic heterocycles. The molecule has 1 atom stereocenters. The van der Waals surface area contributed by atoms with Crippen molar-refractivity contribution in [1.29, 1.82) is 0 Å². The van der Waals surface area contributed by atoms with Gasteiger partial charge in [-0.3, -0.25) is 4.79 Å². The second-order valence-corrected chi connectivity index (χ2v) is 2.89. The fourth-order valence-electron chi connectivity index (χ4n) is 1.12. The Morgan fingerprint density at radius 1 is 1.46 bits per heavy atom. The van der Waals surface area contributed by atoms with Gasteiger partial charge in [-0.15, -0.1) is 0 Å². The van der Waals surface area contributed by atoms with Gasteiger partial charge in [0.2, 0.25) is 0 Å². The summed E-state index contributed by atoms with van der Waals surface area (Å²) in [6, 6.07) is -0.497. The summed E-state index contributed by atoms with van der Waals surface area (Å²) in [6.07, 6.45) is -3.57. The lowest BCUT2D eigenvalue weighted by Crippen LogP contribution is -2.46. The van der Waals surface area contributed by atoms with E-state index in [0.29, 0.717) is 19.4 Å². The van der Waals surface area contributed by atoms with Crippen LogP contribution < -0.4 is 5.32 Å². The molecule has 6 heteroatoms. The van der Waals surface area contributed by atoms with Crippen LogP contribution in [0.3, 0.4) is 0 Å². The van der Waals surface area contributed by atoms with Crippen molar-refractivity contribution in [1.82, 2.24) is 5.32 Å². The van der Waals surface area contributed by atoms with Crippen LogP contribution in [0.5, 0.6) is 0 Å². The molecule has 1 fully saturated rings. The highest BCUT2D eigenvalue weighted by Gasteiger charge is 2.39. The van der Waals surface area contributed by atoms with Gasteiger partial charge < -0.3 is 10.1 Å². The Labute approximate surface area is 73.2 Å². The largest absolute Gasteiger partial charge is 0.471 e. The summed E-state index contributed by atoms with van der Waals surface area (Å²) in [5.41, 5.74) is 0. The third kappa shape index (κ3) is 3.22. The molecule has 1 saturated heterocycles. The van der Waals surface area contributed by atoms with Gasteiger partial charge in [0.05, 0.1) is 12.6 Å². The molecule has 1 amide bonds. The Kier molecular flexibility index (Phi) is 3.13. The van der Waals surface area contributed by atoms with Crippen molar-refractivity contribution in [3.05, 3.63) is 0 Å². The number of carbonyl (C=O) groups excluding carboxylic acids is 1. The number of rotatable bonds is 1. The quantitative estimate of drug-likeness (QED) is 0.676. The molecule has 0 aromatic carbocycles. The highest BCUT2D eigenvalue weighted by Crippen LogP contribution is 2.15. The highest BCUT2D eigenvalue weighted by molar-refractivity contribution is 5.81. The van der Waals surface area contributed by atoms with E-state index in [2.05, 4.69) is 0 Å². The molecule has 1 N–H and O–H groups in total. The molecule has 0 aromatic rings. The maximum Gasteiger partial charge on any atom is 0.471 e. The maximum atomic E-state index is 11.8. The van der Waals surface area contributed by atoms with Crippen molar-refractivity contribution in [3.8, 4) is 0 Å². The van der Waals surface area contributed by atoms with Crippen LogP contribution in [0, 0.1) is 0 Å². The molecule has 76 valence electrons. The van der Waals surface area contributed by atoms with E-state index in [1.165, 1.54) is 0 Å². The van der Waals surface area contributed by atoms with Crippen LogP contribution >= 0.6 is 0 Å². The van der Waals surface area contributed by atoms with Crippen molar-refractivity contribution in [2.45, 2.75) is 25.1 Å². The van der Waals surface area contributed by atoms with Crippen molar-refractivity contribution in [2.75, 3.05) is 13.2 Å². The van der Waals surface area contributed by atoms with Crippen LogP contribution in [0.1, 0.15) is 12.8 Å². The van der Waals surface area contributed by atoms with Gasteiger partial charge in [0.15, 0.2) is 0 Å². The lowest BCUT2D eigenvalue weighted by Gasteiger charge is -2.23. The number of halogens is 3. The number of amides is 1. The van der Waals surface area contributed by atoms with Gasteiger partial charge in [0.1, 0.15) is 0 Å². The van der Waals surface area contributed by atoms with Crippen LogP contribution in [0.4, 0.5) is 13.2 Å². The summed E-state index contributed by atoms with van der Waals surface area (Å²) in [7, 11) is 0. The van der Waals surface area contributed by atoms with Crippen molar-refractivity contribution >= 4 is 5.91 Å². The second-order valence-electron chi connectivity index (χ2n) is 2.89. The van der Waals surface area contributed by atoms with Crippen LogP contribution in [0.15, 0.2) is 0 Å². The Morgan fingerprint density at radius 2 is 2.15 bits per heavy atom. The number of hydrogen-bond donors (Lipinski definition) is 1. The Bertz CT molecular complexity index is 187. The van der Waals surface area contributed by atoms with Crippen molar-refractivity contribution < 1.29 is 22.7 Å². The van der Waals surface area contributed by atoms with Gasteiger partial charge in [0.25, 0.3) is 0 Å². The minimum Gasteiger partial charge on any atom is -0.379 e. The van der Waals surface area contributed by atoms with Gasteiger partial charge >= 0.3 is 12.1 Å². The minimum atomic E-state index is -4.79. The number of hydrogen-bond acceptors (Lipinski definition) is 2. The van der Waals surface area contributed by atoms with Gasteiger partial charge in [-0.05, 0) is 12.8 Å². The minimum absolute atomic E-state index is 0.168. The topological polar surface area (TPSA) is 38.3 Å². The SMILES string of the molecule is O=C(N[C@H]1CCCOC1)C(F)(F)F. The maximum absolute atomic E-state index is 11.8. The van der Waals surface area contributed by atoms with Crippen molar-refractivity contribution in [2.24, 2.45) is 0 Å². The molecule has 1 heterocycles. The zero-order valence-electron chi connectivity index (χ0n) is 6.86. The first-order valence-electron chi connectivity index (χ1n) is 3.95. The van der Waals surface area contributed by atoms with E-state index >= 15 is 0 Å². The van der Waals surface area contributed by atoms with E-state index < -0.39 is 18.1 Å². The molecule has 1 rings (SSSR count). The molecule has 3 nitrogen and oxygen atoms in total. The fourth-order valence-corrected chi connectivity index (χ4v) is 1.12. The second kappa shape index (κ2) is 3.95. The number of alkyl halides is 3. The molecule has 1 aliphatic heterocycles. The summed E-state index contributed by atoms with van der Waals surface area (Å²) < 4.78 is 40.2. The normalized spacial score (nSPS) is 24.1. The molecule has 0 aliphatic carbocycles. The monoisotopic (exact) mass is 197 g/mol. The van der Waals surface area contributed by atoms with Gasteiger partial charge in [-0.25, -0.2) is 0 Å². The molecular formula is C7H10F3NO2. The van der Waals surface area contributed by atoms with E-state index in [4.69, 9.17) is 4.74 Å². The van der Waals surface area contributed by atoms with Crippen LogP contribution in [0.2, 0.25) is 0 Å². The molecule has 13 heavy (non-hydrogen) atoms. The van der Waals surface area contributed by atoms with Gasteiger partial charge in [0, 0.05) is 6.61 Å². The lowest BCUT2D eigenvalue weighted by atomic mass is 10.1. The average Bonchev–Trinajstić information content (AvgIpc) is 2.04. The number of ether oxygens (including phenoxy) is 1.